The molecule has 1 aliphatic rings. The molecule has 3 aromatic rings. The van der Waals surface area contributed by atoms with Crippen molar-refractivity contribution in [2.45, 2.75) is 26.7 Å². The molecule has 0 aliphatic carbocycles. The van der Waals surface area contributed by atoms with Gasteiger partial charge in [0.2, 0.25) is 5.91 Å². The van der Waals surface area contributed by atoms with E-state index in [-0.39, 0.29) is 11.8 Å². The van der Waals surface area contributed by atoms with Crippen molar-refractivity contribution >= 4 is 44.2 Å². The smallest absolute Gasteiger partial charge is 0.257 e. The Bertz CT molecular complexity index is 1010. The van der Waals surface area contributed by atoms with E-state index < -0.39 is 0 Å². The first kappa shape index (κ1) is 16.7. The summed E-state index contributed by atoms with van der Waals surface area (Å²) in [6, 6.07) is 11.3. The Hall–Kier alpha value is -2.73. The summed E-state index contributed by atoms with van der Waals surface area (Å²) in [4.78, 5) is 30.6. The van der Waals surface area contributed by atoms with Gasteiger partial charge in [-0.15, -0.1) is 0 Å². The van der Waals surface area contributed by atoms with Gasteiger partial charge in [-0.3, -0.25) is 14.9 Å². The molecule has 2 aromatic carbocycles. The third-order valence-corrected chi connectivity index (χ3v) is 5.48. The highest BCUT2D eigenvalue weighted by atomic mass is 32.1. The van der Waals surface area contributed by atoms with Crippen LogP contribution in [0.2, 0.25) is 0 Å². The van der Waals surface area contributed by atoms with Crippen LogP contribution in [0.1, 0.15) is 34.3 Å². The lowest BCUT2D eigenvalue weighted by Crippen LogP contribution is -2.23. The van der Waals surface area contributed by atoms with Crippen molar-refractivity contribution < 1.29 is 9.59 Å². The van der Waals surface area contributed by atoms with Gasteiger partial charge in [0.05, 0.1) is 10.2 Å². The van der Waals surface area contributed by atoms with Crippen molar-refractivity contribution in [3.8, 4) is 0 Å². The van der Waals surface area contributed by atoms with Gasteiger partial charge in [-0.05, 0) is 61.7 Å². The molecule has 2 heterocycles. The van der Waals surface area contributed by atoms with Gasteiger partial charge in [-0.25, -0.2) is 4.98 Å². The van der Waals surface area contributed by atoms with E-state index in [1.807, 2.05) is 19.1 Å². The number of thiazole rings is 1. The molecule has 0 atom stereocenters. The average molecular weight is 365 g/mol. The Morgan fingerprint density at radius 2 is 1.96 bits per heavy atom. The number of aryl methyl sites for hydroxylation is 2. The van der Waals surface area contributed by atoms with Crippen molar-refractivity contribution in [3.05, 3.63) is 53.1 Å². The maximum absolute atomic E-state index is 12.5. The topological polar surface area (TPSA) is 62.3 Å². The van der Waals surface area contributed by atoms with Gasteiger partial charge >= 0.3 is 0 Å². The van der Waals surface area contributed by atoms with Gasteiger partial charge in [0.1, 0.15) is 0 Å². The van der Waals surface area contributed by atoms with Crippen molar-refractivity contribution in [3.63, 3.8) is 0 Å². The number of nitrogens with zero attached hydrogens (tertiary/aromatic N) is 2. The van der Waals surface area contributed by atoms with E-state index in [1.54, 1.807) is 17.0 Å². The molecule has 0 radical (unpaired) electrons. The standard InChI is InChI=1S/C20H19N3O2S/c1-12-10-13(2)18-16(11-12)26-20(21-18)22-19(25)14-5-7-15(8-6-14)23-9-3-4-17(23)24/h5-8,10-11H,3-4,9H2,1-2H3,(H,21,22,25). The molecule has 0 bridgehead atoms. The largest absolute Gasteiger partial charge is 0.312 e. The summed E-state index contributed by atoms with van der Waals surface area (Å²) in [6.07, 6.45) is 1.48. The number of fused-ring (bicyclic) bond motifs is 1. The van der Waals surface area contributed by atoms with Gasteiger partial charge in [-0.2, -0.15) is 0 Å². The van der Waals surface area contributed by atoms with Crippen LogP contribution in [-0.4, -0.2) is 23.3 Å². The zero-order valence-electron chi connectivity index (χ0n) is 14.7. The van der Waals surface area contributed by atoms with E-state index in [0.717, 1.165) is 34.4 Å². The van der Waals surface area contributed by atoms with Gasteiger partial charge in [0.25, 0.3) is 5.91 Å². The van der Waals surface area contributed by atoms with Crippen LogP contribution in [-0.2, 0) is 4.79 Å². The minimum absolute atomic E-state index is 0.141. The number of nitrogens with one attached hydrogen (secondary N) is 1. The molecular weight excluding hydrogens is 346 g/mol. The van der Waals surface area contributed by atoms with Crippen molar-refractivity contribution in [1.29, 1.82) is 0 Å². The van der Waals surface area contributed by atoms with Crippen LogP contribution in [0.25, 0.3) is 10.2 Å². The summed E-state index contributed by atoms with van der Waals surface area (Å²) in [5.41, 5.74) is 4.61. The van der Waals surface area contributed by atoms with Gasteiger partial charge < -0.3 is 4.90 Å². The van der Waals surface area contributed by atoms with E-state index in [4.69, 9.17) is 0 Å². The fourth-order valence-electron chi connectivity index (χ4n) is 3.31. The Balaban J connectivity index is 1.53. The second-order valence-electron chi connectivity index (χ2n) is 6.60. The van der Waals surface area contributed by atoms with E-state index in [2.05, 4.69) is 29.4 Å². The van der Waals surface area contributed by atoms with Crippen molar-refractivity contribution in [2.75, 3.05) is 16.8 Å². The monoisotopic (exact) mass is 365 g/mol. The molecule has 0 unspecified atom stereocenters. The minimum Gasteiger partial charge on any atom is -0.312 e. The van der Waals surface area contributed by atoms with Gasteiger partial charge in [-0.1, -0.05) is 17.4 Å². The molecule has 6 heteroatoms. The average Bonchev–Trinajstić information content (AvgIpc) is 3.21. The predicted molar refractivity (Wildman–Crippen MR) is 105 cm³/mol. The highest BCUT2D eigenvalue weighted by molar-refractivity contribution is 7.22. The van der Waals surface area contributed by atoms with E-state index in [9.17, 15) is 9.59 Å². The summed E-state index contributed by atoms with van der Waals surface area (Å²) in [6.45, 7) is 4.82. The molecule has 1 aliphatic heterocycles. The maximum Gasteiger partial charge on any atom is 0.257 e. The minimum atomic E-state index is -0.197. The van der Waals surface area contributed by atoms with Crippen LogP contribution in [0.3, 0.4) is 0 Å². The normalized spacial score (nSPS) is 14.2. The molecule has 1 saturated heterocycles. The SMILES string of the molecule is Cc1cc(C)c2nc(NC(=O)c3ccc(N4CCCC4=O)cc3)sc2c1. The molecule has 132 valence electrons. The second kappa shape index (κ2) is 6.53. The van der Waals surface area contributed by atoms with Crippen LogP contribution in [0, 0.1) is 13.8 Å². The van der Waals surface area contributed by atoms with Crippen LogP contribution >= 0.6 is 11.3 Å². The van der Waals surface area contributed by atoms with E-state index in [1.165, 1.54) is 16.9 Å². The van der Waals surface area contributed by atoms with Crippen LogP contribution in [0.4, 0.5) is 10.8 Å². The first-order valence-electron chi connectivity index (χ1n) is 8.61. The Morgan fingerprint density at radius 1 is 1.19 bits per heavy atom. The van der Waals surface area contributed by atoms with Crippen LogP contribution < -0.4 is 10.2 Å². The maximum atomic E-state index is 12.5. The molecule has 1 fully saturated rings. The van der Waals surface area contributed by atoms with Gasteiger partial charge in [0.15, 0.2) is 5.13 Å². The number of carbonyl (C=O) groups excluding carboxylic acids is 2. The first-order valence-corrected chi connectivity index (χ1v) is 9.42. The quantitative estimate of drug-likeness (QED) is 0.753. The fraction of sp³-hybridized carbons (Fsp3) is 0.250. The summed E-state index contributed by atoms with van der Waals surface area (Å²) in [5, 5.41) is 3.47. The van der Waals surface area contributed by atoms with Gasteiger partial charge in [0, 0.05) is 24.2 Å². The highest BCUT2D eigenvalue weighted by Crippen LogP contribution is 2.29. The highest BCUT2D eigenvalue weighted by Gasteiger charge is 2.21. The summed E-state index contributed by atoms with van der Waals surface area (Å²) in [7, 11) is 0. The molecule has 5 nitrogen and oxygen atoms in total. The number of rotatable bonds is 3. The number of hydrogen-bond donors (Lipinski definition) is 1. The molecule has 1 aromatic heterocycles. The number of anilines is 2. The van der Waals surface area contributed by atoms with E-state index in [0.29, 0.717) is 17.1 Å². The molecule has 0 spiro atoms. The molecular formula is C20H19N3O2S. The fourth-order valence-corrected chi connectivity index (χ4v) is 4.34. The zero-order chi connectivity index (χ0) is 18.3. The molecule has 4 rings (SSSR count). The van der Waals surface area contributed by atoms with Crippen LogP contribution in [0.15, 0.2) is 36.4 Å². The summed E-state index contributed by atoms with van der Waals surface area (Å²) < 4.78 is 1.07. The third kappa shape index (κ3) is 3.08. The van der Waals surface area contributed by atoms with Crippen molar-refractivity contribution in [2.24, 2.45) is 0 Å². The number of carbonyl (C=O) groups is 2. The van der Waals surface area contributed by atoms with Crippen molar-refractivity contribution in [1.82, 2.24) is 4.98 Å². The second-order valence-corrected chi connectivity index (χ2v) is 7.63. The Morgan fingerprint density at radius 3 is 2.65 bits per heavy atom. The Labute approximate surface area is 155 Å². The lowest BCUT2D eigenvalue weighted by molar-refractivity contribution is -0.117. The number of amides is 2. The summed E-state index contributed by atoms with van der Waals surface area (Å²) in [5.74, 6) is -0.0555. The summed E-state index contributed by atoms with van der Waals surface area (Å²) >= 11 is 1.48. The lowest BCUT2D eigenvalue weighted by atomic mass is 10.1. The predicted octanol–water partition coefficient (Wildman–Crippen LogP) is 4.29. The van der Waals surface area contributed by atoms with E-state index >= 15 is 0 Å². The van der Waals surface area contributed by atoms with Crippen LogP contribution in [0.5, 0.6) is 0 Å². The molecule has 2 amide bonds. The number of aromatic nitrogens is 1. The lowest BCUT2D eigenvalue weighted by Gasteiger charge is -2.15. The molecule has 0 saturated carbocycles. The first-order chi connectivity index (χ1) is 12.5. The Kier molecular flexibility index (Phi) is 4.20. The zero-order valence-corrected chi connectivity index (χ0v) is 15.5. The third-order valence-electron chi connectivity index (χ3n) is 4.56. The molecule has 1 N–H and O–H groups in total. The number of benzene rings is 2. The molecule has 26 heavy (non-hydrogen) atoms. The number of hydrogen-bond acceptors (Lipinski definition) is 4.